The molecule has 266 valence electrons. The van der Waals surface area contributed by atoms with Crippen molar-refractivity contribution in [2.75, 3.05) is 73.4 Å². The van der Waals surface area contributed by atoms with Gasteiger partial charge in [0.1, 0.15) is 24.2 Å². The molecule has 0 saturated carbocycles. The average molecular weight is 702 g/mol. The molecule has 1 N–H and O–H groups in total. The summed E-state index contributed by atoms with van der Waals surface area (Å²) in [5.74, 6) is -0.136. The predicted octanol–water partition coefficient (Wildman–Crippen LogP) is 2.81. The van der Waals surface area contributed by atoms with Crippen LogP contribution in [-0.4, -0.2) is 137 Å². The van der Waals surface area contributed by atoms with Crippen LogP contribution >= 0.6 is 10.8 Å². The zero-order valence-corrected chi connectivity index (χ0v) is 30.3. The normalized spacial score (nSPS) is 11.8. The van der Waals surface area contributed by atoms with Gasteiger partial charge in [-0.1, -0.05) is 18.6 Å². The van der Waals surface area contributed by atoms with E-state index < -0.39 is 33.0 Å². The van der Waals surface area contributed by atoms with E-state index in [1.807, 2.05) is 19.0 Å². The summed E-state index contributed by atoms with van der Waals surface area (Å²) in [6.45, 7) is 3.12. The summed E-state index contributed by atoms with van der Waals surface area (Å²) in [6.07, 6.45) is 2.47. The Morgan fingerprint density at radius 1 is 0.851 bits per heavy atom. The largest absolute Gasteiger partial charge is 0.445 e. The fourth-order valence-electron chi connectivity index (χ4n) is 4.06. The lowest BCUT2D eigenvalue weighted by Gasteiger charge is -2.27. The number of rotatable bonds is 21. The van der Waals surface area contributed by atoms with Crippen LogP contribution in [0.15, 0.2) is 24.3 Å². The van der Waals surface area contributed by atoms with E-state index in [2.05, 4.69) is 5.32 Å². The number of nitrogens with zero attached hydrogens (tertiary/aromatic N) is 4. The number of carbonyl (C=O) groups is 5. The molecule has 0 saturated heterocycles. The van der Waals surface area contributed by atoms with E-state index in [0.29, 0.717) is 62.4 Å². The predicted molar refractivity (Wildman–Crippen MR) is 182 cm³/mol. The Morgan fingerprint density at radius 3 is 2.09 bits per heavy atom. The van der Waals surface area contributed by atoms with Crippen LogP contribution in [0.4, 0.5) is 9.59 Å². The highest BCUT2D eigenvalue weighted by Gasteiger charge is 2.27. The van der Waals surface area contributed by atoms with Crippen LogP contribution in [0.3, 0.4) is 0 Å². The molecule has 0 fully saturated rings. The first kappa shape index (κ1) is 41.7. The Balaban J connectivity index is 2.44. The fraction of sp³-hybridized carbons (Fsp3) is 0.645. The Hall–Kier alpha value is -3.37. The van der Waals surface area contributed by atoms with Gasteiger partial charge in [0.25, 0.3) is 0 Å². The van der Waals surface area contributed by atoms with Crippen LogP contribution in [0.5, 0.6) is 5.75 Å². The molecule has 14 nitrogen and oxygen atoms in total. The molecule has 1 unspecified atom stereocenters. The summed E-state index contributed by atoms with van der Waals surface area (Å²) < 4.78 is 33.1. The first-order chi connectivity index (χ1) is 22.0. The third kappa shape index (κ3) is 18.5. The van der Waals surface area contributed by atoms with Crippen LogP contribution < -0.4 is 10.1 Å². The number of ketones is 1. The monoisotopic (exact) mass is 701 g/mol. The summed E-state index contributed by atoms with van der Waals surface area (Å²) >= 11 is 0. The lowest BCUT2D eigenvalue weighted by Crippen LogP contribution is -2.49. The van der Waals surface area contributed by atoms with Crippen molar-refractivity contribution >= 4 is 49.4 Å². The molecule has 1 atom stereocenters. The highest BCUT2D eigenvalue weighted by molar-refractivity contribution is 8.71. The van der Waals surface area contributed by atoms with E-state index in [9.17, 15) is 32.4 Å². The Labute approximate surface area is 282 Å². The SMILES string of the molecule is CC(=O)CC(C(=O)NCCCN(C)C(=O)OCc1ccc(OC(=O)N(C)CCN(C)C)cc1)N(C)C(=O)CCCCCSS(C)(=O)=O. The van der Waals surface area contributed by atoms with Gasteiger partial charge in [-0.25, -0.2) is 18.0 Å². The maximum atomic E-state index is 12.9. The third-order valence-corrected chi connectivity index (χ3v) is 9.61. The van der Waals surface area contributed by atoms with Crippen LogP contribution in [0.1, 0.15) is 51.0 Å². The topological polar surface area (TPSA) is 163 Å². The van der Waals surface area contributed by atoms with Crippen LogP contribution in [0.25, 0.3) is 0 Å². The van der Waals surface area contributed by atoms with Crippen molar-refractivity contribution in [2.45, 2.75) is 58.1 Å². The molecule has 0 aliphatic carbocycles. The van der Waals surface area contributed by atoms with Gasteiger partial charge in [0.2, 0.25) is 11.8 Å². The molecule has 0 aliphatic rings. The minimum Gasteiger partial charge on any atom is -0.445 e. The highest BCUT2D eigenvalue weighted by Crippen LogP contribution is 2.16. The van der Waals surface area contributed by atoms with Gasteiger partial charge in [0.05, 0.1) is 0 Å². The number of ether oxygens (including phenoxy) is 2. The van der Waals surface area contributed by atoms with E-state index in [0.717, 1.165) is 17.0 Å². The standard InChI is InChI=1S/C31H51N5O9S2/c1-24(37)22-27(36(6)28(38)12-9-8-10-21-46-47(7,42)43)29(39)32-17-11-18-34(4)30(40)44-23-25-13-15-26(16-14-25)45-31(41)35(5)20-19-33(2)3/h13-16,27H,8-12,17-23H2,1-7H3,(H,32,39). The number of hydrogen-bond acceptors (Lipinski definition) is 11. The molecule has 0 aliphatic heterocycles. The maximum Gasteiger partial charge on any atom is 0.415 e. The second-order valence-electron chi connectivity index (χ2n) is 11.6. The van der Waals surface area contributed by atoms with Gasteiger partial charge in [-0.2, -0.15) is 0 Å². The molecule has 0 bridgehead atoms. The number of nitrogens with one attached hydrogen (secondary N) is 1. The number of Topliss-reactive ketones (excluding diaryl/α,β-unsaturated/α-hetero) is 1. The van der Waals surface area contributed by atoms with Crippen LogP contribution in [-0.2, 0) is 34.6 Å². The molecule has 4 amide bonds. The lowest BCUT2D eigenvalue weighted by atomic mass is 10.1. The summed E-state index contributed by atoms with van der Waals surface area (Å²) in [4.78, 5) is 68.2. The van der Waals surface area contributed by atoms with Gasteiger partial charge < -0.3 is 34.4 Å². The molecule has 0 spiro atoms. The van der Waals surface area contributed by atoms with Crippen molar-refractivity contribution in [1.29, 1.82) is 0 Å². The number of hydrogen-bond donors (Lipinski definition) is 1. The van der Waals surface area contributed by atoms with E-state index in [1.54, 1.807) is 38.4 Å². The smallest absolute Gasteiger partial charge is 0.415 e. The molecule has 1 rings (SSSR count). The van der Waals surface area contributed by atoms with Gasteiger partial charge in [0.15, 0.2) is 8.87 Å². The number of unbranched alkanes of at least 4 members (excludes halogenated alkanes) is 2. The Kier molecular flexibility index (Phi) is 19.0. The third-order valence-electron chi connectivity index (χ3n) is 6.94. The number of benzene rings is 1. The molecular weight excluding hydrogens is 651 g/mol. The summed E-state index contributed by atoms with van der Waals surface area (Å²) in [6, 6.07) is 5.70. The van der Waals surface area contributed by atoms with Crippen molar-refractivity contribution in [3.05, 3.63) is 29.8 Å². The fourth-order valence-corrected chi connectivity index (χ4v) is 5.95. The van der Waals surface area contributed by atoms with E-state index in [1.165, 1.54) is 28.7 Å². The Morgan fingerprint density at radius 2 is 1.49 bits per heavy atom. The first-order valence-electron chi connectivity index (χ1n) is 15.4. The summed E-state index contributed by atoms with van der Waals surface area (Å²) in [7, 11) is 6.35. The minimum atomic E-state index is -3.09. The zero-order chi connectivity index (χ0) is 35.6. The second-order valence-corrected chi connectivity index (χ2v) is 16.2. The van der Waals surface area contributed by atoms with Crippen molar-refractivity contribution in [3.63, 3.8) is 0 Å². The van der Waals surface area contributed by atoms with E-state index in [-0.39, 0.29) is 37.7 Å². The molecule has 0 aromatic heterocycles. The zero-order valence-electron chi connectivity index (χ0n) is 28.7. The second kappa shape index (κ2) is 21.5. The van der Waals surface area contributed by atoms with Gasteiger partial charge in [-0.3, -0.25) is 14.4 Å². The van der Waals surface area contributed by atoms with Gasteiger partial charge in [-0.15, -0.1) is 0 Å². The molecule has 0 heterocycles. The quantitative estimate of drug-likeness (QED) is 0.148. The van der Waals surface area contributed by atoms with Gasteiger partial charge in [0, 0.05) is 72.2 Å². The first-order valence-corrected chi connectivity index (χ1v) is 18.8. The molecule has 47 heavy (non-hydrogen) atoms. The van der Waals surface area contributed by atoms with Crippen molar-refractivity contribution < 1.29 is 41.9 Å². The van der Waals surface area contributed by atoms with E-state index >= 15 is 0 Å². The van der Waals surface area contributed by atoms with Crippen molar-refractivity contribution in [2.24, 2.45) is 0 Å². The number of carbonyl (C=O) groups excluding carboxylic acids is 5. The minimum absolute atomic E-state index is 0.0174. The molecule has 0 radical (unpaired) electrons. The Bertz CT molecular complexity index is 1280. The lowest BCUT2D eigenvalue weighted by molar-refractivity contribution is -0.140. The molecular formula is C31H51N5O9S2. The summed E-state index contributed by atoms with van der Waals surface area (Å²) in [5, 5.41) is 2.75. The van der Waals surface area contributed by atoms with Gasteiger partial charge >= 0.3 is 12.2 Å². The summed E-state index contributed by atoms with van der Waals surface area (Å²) in [5.41, 5.74) is 0.709. The average Bonchev–Trinajstić information content (AvgIpc) is 3.00. The highest BCUT2D eigenvalue weighted by atomic mass is 33.1. The van der Waals surface area contributed by atoms with Gasteiger partial charge in [-0.05, 0) is 68.8 Å². The van der Waals surface area contributed by atoms with Crippen molar-refractivity contribution in [1.82, 2.24) is 24.9 Å². The molecule has 1 aromatic carbocycles. The maximum absolute atomic E-state index is 12.9. The molecule has 1 aromatic rings. The molecule has 16 heteroatoms. The van der Waals surface area contributed by atoms with Crippen LogP contribution in [0.2, 0.25) is 0 Å². The number of likely N-dealkylation sites (N-methyl/N-ethyl adjacent to an activating group) is 3. The van der Waals surface area contributed by atoms with Crippen molar-refractivity contribution in [3.8, 4) is 5.75 Å². The van der Waals surface area contributed by atoms with E-state index in [4.69, 9.17) is 9.47 Å². The number of amides is 4. The van der Waals surface area contributed by atoms with Crippen LogP contribution in [0, 0.1) is 0 Å².